The van der Waals surface area contributed by atoms with Crippen LogP contribution < -0.4 is 5.32 Å². The van der Waals surface area contributed by atoms with Crippen molar-refractivity contribution in [1.29, 1.82) is 0 Å². The highest BCUT2D eigenvalue weighted by molar-refractivity contribution is 5.78. The molecule has 0 radical (unpaired) electrons. The maximum atomic E-state index is 12.8. The molecule has 0 aliphatic carbocycles. The number of amides is 1. The van der Waals surface area contributed by atoms with Gasteiger partial charge in [0.15, 0.2) is 0 Å². The van der Waals surface area contributed by atoms with Crippen LogP contribution in [0.4, 0.5) is 5.69 Å². The maximum absolute atomic E-state index is 12.8. The number of likely N-dealkylation sites (N-methyl/N-ethyl adjacent to an activating group) is 1. The molecule has 0 aromatic heterocycles. The first-order chi connectivity index (χ1) is 13.0. The first-order valence-corrected chi connectivity index (χ1v) is 10.6. The van der Waals surface area contributed by atoms with Crippen LogP contribution in [0.1, 0.15) is 45.1 Å². The predicted molar refractivity (Wildman–Crippen MR) is 112 cm³/mol. The van der Waals surface area contributed by atoms with Crippen LogP contribution in [0.25, 0.3) is 0 Å². The Balaban J connectivity index is 1.47. The summed E-state index contributed by atoms with van der Waals surface area (Å²) >= 11 is 0. The molecule has 2 aliphatic rings. The number of nitrogens with one attached hydrogen (secondary N) is 1. The number of piperazine rings is 1. The molecule has 1 atom stereocenters. The molecule has 3 rings (SSSR count). The second-order valence-electron chi connectivity index (χ2n) is 8.31. The molecule has 0 spiro atoms. The number of nitrogens with zero attached hydrogens (tertiary/aromatic N) is 3. The summed E-state index contributed by atoms with van der Waals surface area (Å²) in [5, 5.41) is 3.63. The highest BCUT2D eigenvalue weighted by atomic mass is 16.2. The summed E-state index contributed by atoms with van der Waals surface area (Å²) in [5.74, 6) is 0.850. The fourth-order valence-corrected chi connectivity index (χ4v) is 4.08. The molecule has 5 nitrogen and oxygen atoms in total. The molecule has 27 heavy (non-hydrogen) atoms. The standard InChI is InChI=1S/C22H36N4O/c1-4-24-12-14-25(15-13-24)17-22(27)26-11-5-6-21(16-26)23-20-9-7-19(8-10-20)18(2)3/h7-10,18,21,23H,4-6,11-17H2,1-3H3/t21-/m0/s1. The molecule has 2 saturated heterocycles. The van der Waals surface area contributed by atoms with Crippen LogP contribution in [0.2, 0.25) is 0 Å². The van der Waals surface area contributed by atoms with Gasteiger partial charge in [-0.15, -0.1) is 0 Å². The van der Waals surface area contributed by atoms with Crippen molar-refractivity contribution in [2.45, 2.75) is 45.6 Å². The van der Waals surface area contributed by atoms with Crippen LogP contribution in [0.15, 0.2) is 24.3 Å². The second kappa shape index (κ2) is 9.56. The van der Waals surface area contributed by atoms with Crippen LogP contribution >= 0.6 is 0 Å². The molecular weight excluding hydrogens is 336 g/mol. The number of benzene rings is 1. The van der Waals surface area contributed by atoms with E-state index >= 15 is 0 Å². The highest BCUT2D eigenvalue weighted by Crippen LogP contribution is 2.20. The highest BCUT2D eigenvalue weighted by Gasteiger charge is 2.26. The molecule has 150 valence electrons. The van der Waals surface area contributed by atoms with E-state index in [0.29, 0.717) is 24.4 Å². The van der Waals surface area contributed by atoms with Crippen molar-refractivity contribution in [2.75, 3.05) is 57.7 Å². The molecular formula is C22H36N4O. The topological polar surface area (TPSA) is 38.8 Å². The summed E-state index contributed by atoms with van der Waals surface area (Å²) < 4.78 is 0. The largest absolute Gasteiger partial charge is 0.381 e. The smallest absolute Gasteiger partial charge is 0.236 e. The van der Waals surface area contributed by atoms with Gasteiger partial charge in [-0.1, -0.05) is 32.9 Å². The zero-order valence-corrected chi connectivity index (χ0v) is 17.3. The number of carbonyl (C=O) groups is 1. The molecule has 2 heterocycles. The van der Waals surface area contributed by atoms with Crippen molar-refractivity contribution in [3.8, 4) is 0 Å². The van der Waals surface area contributed by atoms with Crippen LogP contribution in [0, 0.1) is 0 Å². The van der Waals surface area contributed by atoms with Gasteiger partial charge < -0.3 is 15.1 Å². The third-order valence-electron chi connectivity index (χ3n) is 5.99. The van der Waals surface area contributed by atoms with E-state index in [-0.39, 0.29) is 0 Å². The SMILES string of the molecule is CCN1CCN(CC(=O)N2CCC[C@H](Nc3ccc(C(C)C)cc3)C2)CC1. The Labute approximate surface area is 164 Å². The van der Waals surface area contributed by atoms with Gasteiger partial charge in [0.2, 0.25) is 5.91 Å². The first kappa shape index (κ1) is 20.2. The fourth-order valence-electron chi connectivity index (χ4n) is 4.08. The molecule has 5 heteroatoms. The van der Waals surface area contributed by atoms with E-state index in [1.165, 1.54) is 5.56 Å². The lowest BCUT2D eigenvalue weighted by Crippen LogP contribution is -2.52. The molecule has 1 aromatic carbocycles. The lowest BCUT2D eigenvalue weighted by atomic mass is 10.0. The zero-order valence-electron chi connectivity index (χ0n) is 17.3. The number of piperidine rings is 1. The molecule has 1 aromatic rings. The Morgan fingerprint density at radius 1 is 1.07 bits per heavy atom. The summed E-state index contributed by atoms with van der Waals surface area (Å²) in [4.78, 5) is 19.6. The van der Waals surface area contributed by atoms with Crippen molar-refractivity contribution in [3.05, 3.63) is 29.8 Å². The molecule has 0 bridgehead atoms. The third-order valence-corrected chi connectivity index (χ3v) is 5.99. The quantitative estimate of drug-likeness (QED) is 0.833. The van der Waals surface area contributed by atoms with E-state index in [1.54, 1.807) is 0 Å². The van der Waals surface area contributed by atoms with Gasteiger partial charge in [0.05, 0.1) is 6.54 Å². The van der Waals surface area contributed by atoms with Gasteiger partial charge in [-0.05, 0) is 43.0 Å². The van der Waals surface area contributed by atoms with Gasteiger partial charge in [0.25, 0.3) is 0 Å². The minimum Gasteiger partial charge on any atom is -0.381 e. The summed E-state index contributed by atoms with van der Waals surface area (Å²) in [6.45, 7) is 14.2. The molecule has 0 saturated carbocycles. The maximum Gasteiger partial charge on any atom is 0.236 e. The molecule has 0 unspecified atom stereocenters. The van der Waals surface area contributed by atoms with E-state index in [0.717, 1.165) is 64.3 Å². The number of rotatable bonds is 6. The van der Waals surface area contributed by atoms with E-state index in [2.05, 4.69) is 65.1 Å². The Bertz CT molecular complexity index is 593. The summed E-state index contributed by atoms with van der Waals surface area (Å²) in [6, 6.07) is 9.10. The number of likely N-dealkylation sites (tertiary alicyclic amines) is 1. The van der Waals surface area contributed by atoms with Gasteiger partial charge in [-0.25, -0.2) is 0 Å². The second-order valence-corrected chi connectivity index (χ2v) is 8.31. The molecule has 1 N–H and O–H groups in total. The summed E-state index contributed by atoms with van der Waals surface area (Å²) in [6.07, 6.45) is 2.21. The minimum absolute atomic E-state index is 0.293. The van der Waals surface area contributed by atoms with E-state index in [9.17, 15) is 4.79 Å². The van der Waals surface area contributed by atoms with Gasteiger partial charge in [0.1, 0.15) is 0 Å². The van der Waals surface area contributed by atoms with Crippen LogP contribution in [-0.4, -0.2) is 79.0 Å². The van der Waals surface area contributed by atoms with Gasteiger partial charge in [-0.2, -0.15) is 0 Å². The Morgan fingerprint density at radius 2 is 1.74 bits per heavy atom. The average Bonchev–Trinajstić information content (AvgIpc) is 2.69. The monoisotopic (exact) mass is 372 g/mol. The van der Waals surface area contributed by atoms with Gasteiger partial charge in [0, 0.05) is 51.0 Å². The van der Waals surface area contributed by atoms with Crippen LogP contribution in [0.5, 0.6) is 0 Å². The molecule has 2 fully saturated rings. The Morgan fingerprint density at radius 3 is 2.37 bits per heavy atom. The van der Waals surface area contributed by atoms with Gasteiger partial charge in [-0.3, -0.25) is 9.69 Å². The van der Waals surface area contributed by atoms with Crippen molar-refractivity contribution in [2.24, 2.45) is 0 Å². The van der Waals surface area contributed by atoms with Gasteiger partial charge >= 0.3 is 0 Å². The van der Waals surface area contributed by atoms with E-state index in [1.807, 2.05) is 0 Å². The zero-order chi connectivity index (χ0) is 19.2. The predicted octanol–water partition coefficient (Wildman–Crippen LogP) is 2.85. The number of carbonyl (C=O) groups excluding carboxylic acids is 1. The van der Waals surface area contributed by atoms with Crippen LogP contribution in [0.3, 0.4) is 0 Å². The van der Waals surface area contributed by atoms with Crippen molar-refractivity contribution >= 4 is 11.6 Å². The van der Waals surface area contributed by atoms with Crippen LogP contribution in [-0.2, 0) is 4.79 Å². The summed E-state index contributed by atoms with van der Waals surface area (Å²) in [5.41, 5.74) is 2.53. The Kier molecular flexibility index (Phi) is 7.13. The Hall–Kier alpha value is -1.59. The number of hydrogen-bond acceptors (Lipinski definition) is 4. The normalized spacial score (nSPS) is 22.2. The van der Waals surface area contributed by atoms with Crippen molar-refractivity contribution in [1.82, 2.24) is 14.7 Å². The minimum atomic E-state index is 0.293. The lowest BCUT2D eigenvalue weighted by Gasteiger charge is -2.37. The third kappa shape index (κ3) is 5.69. The van der Waals surface area contributed by atoms with E-state index < -0.39 is 0 Å². The van der Waals surface area contributed by atoms with Crippen molar-refractivity contribution in [3.63, 3.8) is 0 Å². The van der Waals surface area contributed by atoms with E-state index in [4.69, 9.17) is 0 Å². The fraction of sp³-hybridized carbons (Fsp3) is 0.682. The average molecular weight is 373 g/mol. The molecule has 2 aliphatic heterocycles. The first-order valence-electron chi connectivity index (χ1n) is 10.6. The number of anilines is 1. The lowest BCUT2D eigenvalue weighted by molar-refractivity contribution is -0.133. The molecule has 1 amide bonds. The summed E-state index contributed by atoms with van der Waals surface area (Å²) in [7, 11) is 0. The van der Waals surface area contributed by atoms with Crippen molar-refractivity contribution < 1.29 is 4.79 Å². The number of hydrogen-bond donors (Lipinski definition) is 1.